The van der Waals surface area contributed by atoms with Crippen molar-refractivity contribution in [1.29, 1.82) is 0 Å². The lowest BCUT2D eigenvalue weighted by molar-refractivity contribution is -0.314. The van der Waals surface area contributed by atoms with E-state index in [1.165, 1.54) is 5.57 Å². The van der Waals surface area contributed by atoms with Gasteiger partial charge in [0.05, 0.1) is 12.2 Å². The molecule has 2 nitrogen and oxygen atoms in total. The average Bonchev–Trinajstić information content (AvgIpc) is 2.77. The number of alkyl halides is 6. The fraction of sp³-hybridized carbons (Fsp3) is 0.824. The highest BCUT2D eigenvalue weighted by Gasteiger charge is 2.66. The molecule has 0 aromatic carbocycles. The zero-order valence-electron chi connectivity index (χ0n) is 29.6. The number of unbranched alkanes of at least 4 members (excludes halogenated alkanes) is 1. The molecule has 0 amide bonds. The second kappa shape index (κ2) is 14.5. The average molecular weight is 671 g/mol. The molecular formula is C34H60F6O2Si2. The molecule has 0 heterocycles. The van der Waals surface area contributed by atoms with E-state index in [4.69, 9.17) is 8.85 Å². The lowest BCUT2D eigenvalue weighted by Crippen LogP contribution is -2.48. The maximum Gasteiger partial charge on any atom is 0.406 e. The SMILES string of the molecule is CC(C)(C/C=C\C(C)(C(F)(F)F)C(F)(F)F)CCC/C=C/C=C1C[C@@H](O[Si](C)(C)C(C)(C)C)C[C@H](O[Si](C)(C)C(C)(C)C)C1. The van der Waals surface area contributed by atoms with Crippen LogP contribution in [-0.2, 0) is 8.85 Å². The van der Waals surface area contributed by atoms with Gasteiger partial charge in [0.1, 0.15) is 0 Å². The van der Waals surface area contributed by atoms with Crippen LogP contribution in [0.1, 0.15) is 107 Å². The van der Waals surface area contributed by atoms with E-state index in [1.807, 2.05) is 13.8 Å². The normalized spacial score (nSPS) is 20.7. The summed E-state index contributed by atoms with van der Waals surface area (Å²) in [7, 11) is -3.92. The first-order valence-corrected chi connectivity index (χ1v) is 21.8. The Balaban J connectivity index is 2.89. The molecule has 0 unspecified atom stereocenters. The number of rotatable bonds is 12. The van der Waals surface area contributed by atoms with Crippen molar-refractivity contribution in [2.24, 2.45) is 10.8 Å². The fourth-order valence-corrected chi connectivity index (χ4v) is 7.43. The molecule has 44 heavy (non-hydrogen) atoms. The zero-order chi connectivity index (χ0) is 34.6. The van der Waals surface area contributed by atoms with Gasteiger partial charge in [0.25, 0.3) is 0 Å². The first kappa shape index (κ1) is 41.2. The molecular weight excluding hydrogens is 611 g/mol. The van der Waals surface area contributed by atoms with Crippen LogP contribution in [0.2, 0.25) is 36.3 Å². The monoisotopic (exact) mass is 670 g/mol. The fourth-order valence-electron chi connectivity index (χ4n) is 4.69. The van der Waals surface area contributed by atoms with E-state index in [0.717, 1.165) is 38.2 Å². The Morgan fingerprint density at radius 2 is 1.14 bits per heavy atom. The Morgan fingerprint density at radius 3 is 1.52 bits per heavy atom. The Bertz CT molecular complexity index is 957. The zero-order valence-corrected chi connectivity index (χ0v) is 31.6. The first-order chi connectivity index (χ1) is 19.4. The van der Waals surface area contributed by atoms with Crippen LogP contribution in [0.3, 0.4) is 0 Å². The van der Waals surface area contributed by atoms with E-state index in [0.29, 0.717) is 6.42 Å². The minimum atomic E-state index is -5.41. The van der Waals surface area contributed by atoms with Gasteiger partial charge in [-0.05, 0) is 93.5 Å². The summed E-state index contributed by atoms with van der Waals surface area (Å²) in [6.07, 6.45) is 2.08. The third-order valence-corrected chi connectivity index (χ3v) is 19.1. The molecule has 1 rings (SSSR count). The molecule has 10 heteroatoms. The molecule has 0 aromatic rings. The van der Waals surface area contributed by atoms with Gasteiger partial charge < -0.3 is 8.85 Å². The van der Waals surface area contributed by atoms with Crippen molar-refractivity contribution in [3.8, 4) is 0 Å². The van der Waals surface area contributed by atoms with Crippen LogP contribution >= 0.6 is 0 Å². The second-order valence-corrected chi connectivity index (χ2v) is 26.3. The predicted octanol–water partition coefficient (Wildman–Crippen LogP) is 12.7. The maximum absolute atomic E-state index is 13.2. The highest BCUT2D eigenvalue weighted by atomic mass is 28.4. The molecule has 0 saturated heterocycles. The lowest BCUT2D eigenvalue weighted by atomic mass is 9.81. The molecule has 0 aliphatic heterocycles. The van der Waals surface area contributed by atoms with Crippen LogP contribution in [0.15, 0.2) is 36.0 Å². The maximum atomic E-state index is 13.2. The van der Waals surface area contributed by atoms with Gasteiger partial charge in [-0.2, -0.15) is 26.3 Å². The summed E-state index contributed by atoms with van der Waals surface area (Å²) in [5.41, 5.74) is -2.97. The van der Waals surface area contributed by atoms with Crippen molar-refractivity contribution < 1.29 is 35.2 Å². The topological polar surface area (TPSA) is 18.5 Å². The molecule has 258 valence electrons. The summed E-state index contributed by atoms with van der Waals surface area (Å²) >= 11 is 0. The second-order valence-electron chi connectivity index (χ2n) is 16.8. The summed E-state index contributed by atoms with van der Waals surface area (Å²) in [5, 5.41) is 0.230. The van der Waals surface area contributed by atoms with Gasteiger partial charge in [-0.1, -0.05) is 91.3 Å². The van der Waals surface area contributed by atoms with Crippen molar-refractivity contribution >= 4 is 16.6 Å². The van der Waals surface area contributed by atoms with Gasteiger partial charge in [-0.25, -0.2) is 0 Å². The summed E-state index contributed by atoms with van der Waals surface area (Å²) in [6, 6.07) is 0. The minimum Gasteiger partial charge on any atom is -0.414 e. The van der Waals surface area contributed by atoms with Gasteiger partial charge in [0.15, 0.2) is 22.0 Å². The first-order valence-electron chi connectivity index (χ1n) is 16.0. The molecule has 0 aromatic heterocycles. The van der Waals surface area contributed by atoms with Crippen LogP contribution in [0.4, 0.5) is 26.3 Å². The van der Waals surface area contributed by atoms with Crippen LogP contribution in [-0.4, -0.2) is 41.2 Å². The van der Waals surface area contributed by atoms with Crippen LogP contribution < -0.4 is 0 Å². The van der Waals surface area contributed by atoms with E-state index in [2.05, 4.69) is 86.0 Å². The smallest absolute Gasteiger partial charge is 0.406 e. The molecule has 2 atom stereocenters. The van der Waals surface area contributed by atoms with Crippen LogP contribution in [0.5, 0.6) is 0 Å². The van der Waals surface area contributed by atoms with Gasteiger partial charge in [-0.3, -0.25) is 0 Å². The van der Waals surface area contributed by atoms with Gasteiger partial charge in [0, 0.05) is 0 Å². The number of hydrogen-bond acceptors (Lipinski definition) is 2. The molecule has 1 saturated carbocycles. The number of halogens is 6. The van der Waals surface area contributed by atoms with Crippen molar-refractivity contribution in [3.63, 3.8) is 0 Å². The predicted molar refractivity (Wildman–Crippen MR) is 177 cm³/mol. The summed E-state index contributed by atoms with van der Waals surface area (Å²) in [4.78, 5) is 0. The standard InChI is InChI=1S/C34H60F6O2Si2/c1-29(2,3)43(10,11)41-27-23-26(24-28(25-27)42-44(12,13)30(4,5)6)19-16-14-15-17-20-31(7,8)21-18-22-32(9,33(35,36)37)34(38,39)40/h14,16,18-19,22,27-28H,15,17,20-21,23-25H2,1-13H3/b16-14+,22-18-/t27-,28-/m1/s1. The largest absolute Gasteiger partial charge is 0.414 e. The summed E-state index contributed by atoms with van der Waals surface area (Å²) < 4.78 is 92.7. The van der Waals surface area contributed by atoms with Crippen molar-refractivity contribution in [3.05, 3.63) is 36.0 Å². The van der Waals surface area contributed by atoms with E-state index in [9.17, 15) is 26.3 Å². The van der Waals surface area contributed by atoms with E-state index in [-0.39, 0.29) is 41.7 Å². The van der Waals surface area contributed by atoms with Crippen molar-refractivity contribution in [2.75, 3.05) is 0 Å². The van der Waals surface area contributed by atoms with E-state index in [1.54, 1.807) is 0 Å². The summed E-state index contributed by atoms with van der Waals surface area (Å²) in [5.74, 6) is 0. The Kier molecular flexibility index (Phi) is 13.6. The molecule has 0 N–H and O–H groups in total. The van der Waals surface area contributed by atoms with Gasteiger partial charge in [-0.15, -0.1) is 0 Å². The van der Waals surface area contributed by atoms with Crippen molar-refractivity contribution in [1.82, 2.24) is 0 Å². The molecule has 0 bridgehead atoms. The Morgan fingerprint density at radius 1 is 0.705 bits per heavy atom. The van der Waals surface area contributed by atoms with Crippen LogP contribution in [0.25, 0.3) is 0 Å². The highest BCUT2D eigenvalue weighted by molar-refractivity contribution is 6.74. The number of allylic oxidation sites excluding steroid dienone is 5. The van der Waals surface area contributed by atoms with E-state index >= 15 is 0 Å². The lowest BCUT2D eigenvalue weighted by Gasteiger charge is -2.45. The Labute approximate surface area is 266 Å². The van der Waals surface area contributed by atoms with Gasteiger partial charge >= 0.3 is 12.4 Å². The molecule has 1 aliphatic rings. The third kappa shape index (κ3) is 11.7. The Hall–Kier alpha value is -0.846. The van der Waals surface area contributed by atoms with Gasteiger partial charge in [0.2, 0.25) is 0 Å². The quantitative estimate of drug-likeness (QED) is 0.0890. The summed E-state index contributed by atoms with van der Waals surface area (Å²) in [6.45, 7) is 26.6. The van der Waals surface area contributed by atoms with Crippen molar-refractivity contribution in [2.45, 2.75) is 168 Å². The number of hydrogen-bond donors (Lipinski definition) is 0. The van der Waals surface area contributed by atoms with Crippen LogP contribution in [0, 0.1) is 10.8 Å². The molecule has 0 spiro atoms. The van der Waals surface area contributed by atoms with E-state index < -0.39 is 39.8 Å². The third-order valence-electron chi connectivity index (χ3n) is 10.0. The minimum absolute atomic E-state index is 0.115. The molecule has 1 aliphatic carbocycles. The molecule has 0 radical (unpaired) electrons. The highest BCUT2D eigenvalue weighted by Crippen LogP contribution is 2.51. The molecule has 1 fully saturated rings.